The van der Waals surface area contributed by atoms with Crippen molar-refractivity contribution in [2.24, 2.45) is 0 Å². The highest BCUT2D eigenvalue weighted by Gasteiger charge is 2.20. The van der Waals surface area contributed by atoms with E-state index in [1.807, 2.05) is 36.4 Å². The minimum Gasteiger partial charge on any atom is -0.490 e. The minimum absolute atomic E-state index is 0.0180. The first-order valence-electron chi connectivity index (χ1n) is 14.7. The van der Waals surface area contributed by atoms with Gasteiger partial charge in [-0.3, -0.25) is 0 Å². The monoisotopic (exact) mass is 660 g/mol. The first-order valence-corrected chi connectivity index (χ1v) is 14.7. The molecule has 0 aliphatic heterocycles. The fourth-order valence-corrected chi connectivity index (χ4v) is 4.56. The number of ether oxygens (including phenoxy) is 4. The first kappa shape index (κ1) is 33.6. The molecule has 0 aliphatic carbocycles. The molecule has 0 amide bonds. The molecule has 2 N–H and O–H groups in total. The Bertz CT molecular complexity index is 1960. The van der Waals surface area contributed by atoms with Gasteiger partial charge < -0.3 is 34.0 Å². The maximum atomic E-state index is 12.7. The molecule has 0 heterocycles. The zero-order valence-corrected chi connectivity index (χ0v) is 25.7. The van der Waals surface area contributed by atoms with Crippen LogP contribution < -0.4 is 23.8 Å². The topological polar surface area (TPSA) is 147 Å². The van der Waals surface area contributed by atoms with Gasteiger partial charge in [-0.05, 0) is 83.4 Å². The molecule has 11 heteroatoms. The molecule has 0 atom stereocenters. The number of para-hydroxylation sites is 1. The van der Waals surface area contributed by atoms with Gasteiger partial charge in [-0.25, -0.2) is 14.4 Å². The van der Waals surface area contributed by atoms with Crippen LogP contribution in [0.4, 0.5) is 0 Å². The first-order chi connectivity index (χ1) is 23.8. The molecule has 5 aromatic carbocycles. The van der Waals surface area contributed by atoms with E-state index in [-0.39, 0.29) is 41.4 Å². The van der Waals surface area contributed by atoms with Gasteiger partial charge in [-0.1, -0.05) is 55.0 Å². The van der Waals surface area contributed by atoms with E-state index in [0.29, 0.717) is 29.4 Å². The molecule has 0 saturated carbocycles. The van der Waals surface area contributed by atoms with Crippen molar-refractivity contribution in [3.8, 4) is 52.4 Å². The van der Waals surface area contributed by atoms with Crippen molar-refractivity contribution >= 4 is 17.9 Å². The van der Waals surface area contributed by atoms with Gasteiger partial charge in [0.1, 0.15) is 48.9 Å². The van der Waals surface area contributed by atoms with Crippen LogP contribution in [0, 0.1) is 12.5 Å². The Kier molecular flexibility index (Phi) is 11.1. The van der Waals surface area contributed by atoms with Crippen LogP contribution in [0.2, 0.25) is 0 Å². The van der Waals surface area contributed by atoms with E-state index in [4.69, 9.17) is 35.1 Å². The molecule has 0 radical (unpaired) electrons. The molecular formula is C38H28O11. The van der Waals surface area contributed by atoms with Crippen molar-refractivity contribution in [1.82, 2.24) is 0 Å². The van der Waals surface area contributed by atoms with E-state index in [9.17, 15) is 24.6 Å². The molecule has 246 valence electrons. The van der Waals surface area contributed by atoms with E-state index < -0.39 is 17.9 Å². The Morgan fingerprint density at radius 3 is 1.80 bits per heavy atom. The molecular weight excluding hydrogens is 632 g/mol. The average molecular weight is 661 g/mol. The fraction of sp³-hybridized carbons (Fsp3) is 0.0789. The van der Waals surface area contributed by atoms with Crippen LogP contribution in [0.5, 0.6) is 28.7 Å². The maximum absolute atomic E-state index is 12.7. The second-order valence-electron chi connectivity index (χ2n) is 10.2. The highest BCUT2D eigenvalue weighted by Crippen LogP contribution is 2.27. The molecule has 49 heavy (non-hydrogen) atoms. The van der Waals surface area contributed by atoms with E-state index in [1.165, 1.54) is 18.2 Å². The van der Waals surface area contributed by atoms with Gasteiger partial charge in [0.05, 0.1) is 16.7 Å². The third kappa shape index (κ3) is 9.16. The number of aromatic carboxylic acids is 2. The molecule has 0 bridgehead atoms. The number of carboxylic acids is 2. The SMILES string of the molecule is C#COc1ccc(C(=O)Oc2ccc(-c3ccc(OOCc4ccc(OCCOc5ccccc5)cc4C(=O)O)cc3)cc2)c(C(=O)O)c1. The van der Waals surface area contributed by atoms with Gasteiger partial charge in [0.15, 0.2) is 5.75 Å². The lowest BCUT2D eigenvalue weighted by Crippen LogP contribution is -2.14. The number of hydrogen-bond donors (Lipinski definition) is 2. The minimum atomic E-state index is -1.34. The molecule has 0 aliphatic rings. The van der Waals surface area contributed by atoms with Crippen LogP contribution >= 0.6 is 0 Å². The summed E-state index contributed by atoms with van der Waals surface area (Å²) in [5.41, 5.74) is 1.56. The van der Waals surface area contributed by atoms with Crippen LogP contribution in [-0.2, 0) is 11.5 Å². The van der Waals surface area contributed by atoms with Gasteiger partial charge in [-0.15, -0.1) is 0 Å². The van der Waals surface area contributed by atoms with Crippen LogP contribution in [-0.4, -0.2) is 41.3 Å². The predicted molar refractivity (Wildman–Crippen MR) is 176 cm³/mol. The largest absolute Gasteiger partial charge is 0.490 e. The van der Waals surface area contributed by atoms with E-state index in [0.717, 1.165) is 17.2 Å². The number of carboxylic acid groups (broad SMARTS) is 2. The zero-order chi connectivity index (χ0) is 34.6. The van der Waals surface area contributed by atoms with E-state index in [2.05, 4.69) is 0 Å². The standard InChI is InChI=1S/C38H28O11/c1-2-44-31-18-19-33(35(23-31)37(41)42)38(43)48-29-13-8-25(9-14-29)26-10-15-30(16-11-26)49-47-24-27-12-17-32(22-34(27)36(39)40)46-21-20-45-28-6-4-3-5-7-28/h1,3-19,22-23H,20-21,24H2,(H,39,40)(H,41,42). The van der Waals surface area contributed by atoms with Crippen LogP contribution in [0.25, 0.3) is 11.1 Å². The van der Waals surface area contributed by atoms with Gasteiger partial charge in [0.2, 0.25) is 0 Å². The molecule has 0 spiro atoms. The molecule has 5 rings (SSSR count). The third-order valence-corrected chi connectivity index (χ3v) is 6.92. The van der Waals surface area contributed by atoms with Gasteiger partial charge in [-0.2, -0.15) is 4.89 Å². The van der Waals surface area contributed by atoms with Gasteiger partial charge in [0, 0.05) is 0 Å². The second-order valence-corrected chi connectivity index (χ2v) is 10.2. The summed E-state index contributed by atoms with van der Waals surface area (Å²) in [4.78, 5) is 46.9. The Labute approximate surface area is 280 Å². The highest BCUT2D eigenvalue weighted by atomic mass is 17.2. The molecule has 0 saturated heterocycles. The molecule has 11 nitrogen and oxygen atoms in total. The van der Waals surface area contributed by atoms with Crippen LogP contribution in [0.3, 0.4) is 0 Å². The predicted octanol–water partition coefficient (Wildman–Crippen LogP) is 6.91. The number of carbonyl (C=O) groups is 3. The Balaban J connectivity index is 1.12. The Hall–Kier alpha value is -6.77. The Morgan fingerprint density at radius 1 is 0.592 bits per heavy atom. The average Bonchev–Trinajstić information content (AvgIpc) is 3.11. The number of hydrogen-bond acceptors (Lipinski definition) is 9. The van der Waals surface area contributed by atoms with E-state index in [1.54, 1.807) is 60.7 Å². The van der Waals surface area contributed by atoms with Crippen LogP contribution in [0.1, 0.15) is 36.6 Å². The highest BCUT2D eigenvalue weighted by molar-refractivity contribution is 6.03. The third-order valence-electron chi connectivity index (χ3n) is 6.92. The molecule has 0 unspecified atom stereocenters. The van der Waals surface area contributed by atoms with Crippen molar-refractivity contribution < 1.29 is 53.3 Å². The molecule has 0 aromatic heterocycles. The van der Waals surface area contributed by atoms with Crippen molar-refractivity contribution in [2.45, 2.75) is 6.61 Å². The number of benzene rings is 5. The summed E-state index contributed by atoms with van der Waals surface area (Å²) in [7, 11) is 0. The number of rotatable bonds is 15. The summed E-state index contributed by atoms with van der Waals surface area (Å²) in [5, 5.41) is 19.2. The lowest BCUT2D eigenvalue weighted by Gasteiger charge is -2.12. The summed E-state index contributed by atoms with van der Waals surface area (Å²) in [6.45, 7) is 0.399. The van der Waals surface area contributed by atoms with Gasteiger partial charge in [0.25, 0.3) is 0 Å². The number of esters is 1. The van der Waals surface area contributed by atoms with E-state index >= 15 is 0 Å². The number of terminal acetylenes is 1. The maximum Gasteiger partial charge on any atom is 0.344 e. The summed E-state index contributed by atoms with van der Waals surface area (Å²) >= 11 is 0. The lowest BCUT2D eigenvalue weighted by molar-refractivity contribution is -0.217. The summed E-state index contributed by atoms with van der Waals surface area (Å²) in [6.07, 6.45) is 7.03. The van der Waals surface area contributed by atoms with Crippen LogP contribution in [0.15, 0.2) is 115 Å². The smallest absolute Gasteiger partial charge is 0.344 e. The van der Waals surface area contributed by atoms with Crippen molar-refractivity contribution in [3.05, 3.63) is 138 Å². The molecule has 0 fully saturated rings. The summed E-state index contributed by atoms with van der Waals surface area (Å²) < 4.78 is 21.5. The summed E-state index contributed by atoms with van der Waals surface area (Å²) in [5.74, 6) is -1.53. The van der Waals surface area contributed by atoms with Crippen molar-refractivity contribution in [3.63, 3.8) is 0 Å². The number of carbonyl (C=O) groups excluding carboxylic acids is 1. The lowest BCUT2D eigenvalue weighted by atomic mass is 10.1. The summed E-state index contributed by atoms with van der Waals surface area (Å²) in [6, 6.07) is 31.3. The zero-order valence-electron chi connectivity index (χ0n) is 25.7. The van der Waals surface area contributed by atoms with Crippen molar-refractivity contribution in [2.75, 3.05) is 13.2 Å². The normalized spacial score (nSPS) is 10.3. The quantitative estimate of drug-likeness (QED) is 0.0302. The second kappa shape index (κ2) is 16.2. The fourth-order valence-electron chi connectivity index (χ4n) is 4.56. The Morgan fingerprint density at radius 2 is 1.16 bits per heavy atom. The molecule has 5 aromatic rings. The van der Waals surface area contributed by atoms with Crippen molar-refractivity contribution in [1.29, 1.82) is 0 Å². The van der Waals surface area contributed by atoms with Gasteiger partial charge >= 0.3 is 17.9 Å².